The number of amides is 1. The summed E-state index contributed by atoms with van der Waals surface area (Å²) in [6.07, 6.45) is -6.52. The molecular weight excluding hydrogens is 456 g/mol. The predicted molar refractivity (Wildman–Crippen MR) is 104 cm³/mol. The van der Waals surface area contributed by atoms with Gasteiger partial charge in [0, 0.05) is 22.5 Å². The molecule has 29 heavy (non-hydrogen) atoms. The van der Waals surface area contributed by atoms with Gasteiger partial charge in [-0.2, -0.15) is 13.2 Å². The number of aliphatic hydroxyl groups is 1. The van der Waals surface area contributed by atoms with Crippen LogP contribution in [-0.2, 0) is 10.4 Å². The Morgan fingerprint density at radius 2 is 1.62 bits per heavy atom. The average molecular weight is 470 g/mol. The third kappa shape index (κ3) is 5.54. The molecule has 2 aromatic rings. The minimum atomic E-state index is -5.19. The SMILES string of the molecule is CC(=O)NNc1cc(C(=O)CC(O)(c2cc(Cl)cc(Cl)c2)C(F)(F)F)ccc1Cl. The average Bonchev–Trinajstić information content (AvgIpc) is 2.58. The molecule has 0 aliphatic carbocycles. The molecule has 0 aromatic heterocycles. The Morgan fingerprint density at radius 3 is 2.14 bits per heavy atom. The van der Waals surface area contributed by atoms with Gasteiger partial charge in [0.25, 0.3) is 0 Å². The number of carbonyl (C=O) groups excluding carboxylic acids is 2. The number of carbonyl (C=O) groups is 2. The zero-order chi connectivity index (χ0) is 22.0. The van der Waals surface area contributed by atoms with E-state index in [0.29, 0.717) is 0 Å². The van der Waals surface area contributed by atoms with Crippen LogP contribution >= 0.6 is 34.8 Å². The first-order valence-corrected chi connectivity index (χ1v) is 9.08. The standard InChI is InChI=1S/C18H14Cl3F3N2O3/c1-9(27)25-26-15-4-10(2-3-14(15)21)16(28)8-17(29,18(22,23)24)11-5-12(19)7-13(20)6-11/h2-7,26,29H,8H2,1H3,(H,25,27). The summed E-state index contributed by atoms with van der Waals surface area (Å²) in [5.41, 5.74) is 0.414. The highest BCUT2D eigenvalue weighted by molar-refractivity contribution is 6.34. The zero-order valence-corrected chi connectivity index (χ0v) is 17.0. The third-order valence-electron chi connectivity index (χ3n) is 3.89. The van der Waals surface area contributed by atoms with Crippen LogP contribution in [0, 0.1) is 0 Å². The van der Waals surface area contributed by atoms with Crippen molar-refractivity contribution in [1.82, 2.24) is 5.43 Å². The van der Waals surface area contributed by atoms with E-state index < -0.39 is 35.5 Å². The zero-order valence-electron chi connectivity index (χ0n) is 14.7. The molecule has 2 aromatic carbocycles. The van der Waals surface area contributed by atoms with Crippen LogP contribution in [0.4, 0.5) is 18.9 Å². The van der Waals surface area contributed by atoms with E-state index in [9.17, 15) is 27.9 Å². The molecule has 1 unspecified atom stereocenters. The van der Waals surface area contributed by atoms with Crippen LogP contribution in [0.3, 0.4) is 0 Å². The molecule has 0 saturated carbocycles. The molecule has 1 amide bonds. The van der Waals surface area contributed by atoms with Crippen molar-refractivity contribution in [2.75, 3.05) is 5.43 Å². The fourth-order valence-corrected chi connectivity index (χ4v) is 3.13. The Labute approximate surface area is 178 Å². The number of rotatable bonds is 6. The van der Waals surface area contributed by atoms with Crippen LogP contribution in [0.5, 0.6) is 0 Å². The van der Waals surface area contributed by atoms with Crippen molar-refractivity contribution in [3.05, 3.63) is 62.6 Å². The van der Waals surface area contributed by atoms with E-state index >= 15 is 0 Å². The Hall–Kier alpha value is -2.00. The lowest BCUT2D eigenvalue weighted by Gasteiger charge is -2.30. The van der Waals surface area contributed by atoms with E-state index in [1.54, 1.807) is 0 Å². The molecule has 156 valence electrons. The molecule has 1 atom stereocenters. The Morgan fingerprint density at radius 1 is 1.03 bits per heavy atom. The molecule has 3 N–H and O–H groups in total. The molecule has 5 nitrogen and oxygen atoms in total. The van der Waals surface area contributed by atoms with E-state index in [4.69, 9.17) is 34.8 Å². The summed E-state index contributed by atoms with van der Waals surface area (Å²) in [6, 6.07) is 6.60. The highest BCUT2D eigenvalue weighted by Gasteiger charge is 2.56. The van der Waals surface area contributed by atoms with E-state index in [2.05, 4.69) is 10.9 Å². The van der Waals surface area contributed by atoms with Gasteiger partial charge in [0.05, 0.1) is 17.1 Å². The summed E-state index contributed by atoms with van der Waals surface area (Å²) < 4.78 is 41.1. The largest absolute Gasteiger partial charge is 0.421 e. The van der Waals surface area contributed by atoms with Gasteiger partial charge in [0.2, 0.25) is 5.91 Å². The number of alkyl halides is 3. The second-order valence-corrected chi connectivity index (χ2v) is 7.40. The fraction of sp³-hybridized carbons (Fsp3) is 0.222. The minimum Gasteiger partial charge on any atom is -0.376 e. The van der Waals surface area contributed by atoms with Crippen LogP contribution < -0.4 is 10.9 Å². The number of ketones is 1. The van der Waals surface area contributed by atoms with Gasteiger partial charge >= 0.3 is 6.18 Å². The highest BCUT2D eigenvalue weighted by Crippen LogP contribution is 2.44. The predicted octanol–water partition coefficient (Wildman–Crippen LogP) is 5.13. The maximum Gasteiger partial charge on any atom is 0.421 e. The fourth-order valence-electron chi connectivity index (χ4n) is 2.44. The van der Waals surface area contributed by atoms with Crippen LogP contribution in [0.15, 0.2) is 36.4 Å². The number of hydrazine groups is 1. The number of halogens is 6. The summed E-state index contributed by atoms with van der Waals surface area (Å²) in [5.74, 6) is -1.48. The molecule has 0 saturated heterocycles. The van der Waals surface area contributed by atoms with Gasteiger partial charge in [-0.3, -0.25) is 20.4 Å². The molecule has 0 spiro atoms. The molecule has 2 rings (SSSR count). The van der Waals surface area contributed by atoms with E-state index in [1.807, 2.05) is 0 Å². The summed E-state index contributed by atoms with van der Waals surface area (Å²) in [7, 11) is 0. The topological polar surface area (TPSA) is 78.4 Å². The monoisotopic (exact) mass is 468 g/mol. The summed E-state index contributed by atoms with van der Waals surface area (Å²) in [5, 5.41) is 10.3. The minimum absolute atomic E-state index is 0.0917. The van der Waals surface area contributed by atoms with Crippen molar-refractivity contribution in [2.45, 2.75) is 25.1 Å². The Bertz CT molecular complexity index is 933. The lowest BCUT2D eigenvalue weighted by Crippen LogP contribution is -2.44. The maximum absolute atomic E-state index is 13.7. The second-order valence-electron chi connectivity index (χ2n) is 6.12. The first-order valence-electron chi connectivity index (χ1n) is 7.94. The van der Waals surface area contributed by atoms with Gasteiger partial charge in [-0.25, -0.2) is 0 Å². The molecular formula is C18H14Cl3F3N2O3. The molecule has 0 heterocycles. The van der Waals surface area contributed by atoms with Crippen molar-refractivity contribution < 1.29 is 27.9 Å². The highest BCUT2D eigenvalue weighted by atomic mass is 35.5. The van der Waals surface area contributed by atoms with E-state index in [1.165, 1.54) is 25.1 Å². The second kappa shape index (κ2) is 8.79. The van der Waals surface area contributed by atoms with Crippen LogP contribution in [0.25, 0.3) is 0 Å². The van der Waals surface area contributed by atoms with Crippen LogP contribution in [0.1, 0.15) is 29.3 Å². The van der Waals surface area contributed by atoms with Crippen molar-refractivity contribution >= 4 is 52.2 Å². The van der Waals surface area contributed by atoms with E-state index in [0.717, 1.165) is 18.2 Å². The first kappa shape index (κ1) is 23.3. The lowest BCUT2D eigenvalue weighted by atomic mass is 9.86. The van der Waals surface area contributed by atoms with Gasteiger partial charge < -0.3 is 5.11 Å². The van der Waals surface area contributed by atoms with Crippen molar-refractivity contribution in [3.8, 4) is 0 Å². The van der Waals surface area contributed by atoms with Crippen molar-refractivity contribution in [2.24, 2.45) is 0 Å². The summed E-state index contributed by atoms with van der Waals surface area (Å²) in [6.45, 7) is 1.22. The van der Waals surface area contributed by atoms with Crippen LogP contribution in [-0.4, -0.2) is 23.0 Å². The third-order valence-corrected chi connectivity index (χ3v) is 4.65. The van der Waals surface area contributed by atoms with Gasteiger partial charge in [-0.1, -0.05) is 34.8 Å². The molecule has 0 bridgehead atoms. The number of hydrogen-bond acceptors (Lipinski definition) is 4. The molecule has 0 aliphatic heterocycles. The number of anilines is 1. The normalized spacial score (nSPS) is 13.5. The van der Waals surface area contributed by atoms with Crippen LogP contribution in [0.2, 0.25) is 15.1 Å². The van der Waals surface area contributed by atoms with Gasteiger partial charge in [-0.15, -0.1) is 0 Å². The molecule has 0 aliphatic rings. The molecule has 0 radical (unpaired) electrons. The first-order chi connectivity index (χ1) is 13.3. The number of nitrogens with one attached hydrogen (secondary N) is 2. The molecule has 11 heteroatoms. The van der Waals surface area contributed by atoms with Gasteiger partial charge in [0.1, 0.15) is 0 Å². The Balaban J connectivity index is 2.41. The number of hydrogen-bond donors (Lipinski definition) is 3. The van der Waals surface area contributed by atoms with E-state index in [-0.39, 0.29) is 26.3 Å². The molecule has 0 fully saturated rings. The van der Waals surface area contributed by atoms with Crippen molar-refractivity contribution in [3.63, 3.8) is 0 Å². The quantitative estimate of drug-likeness (QED) is 0.405. The maximum atomic E-state index is 13.7. The van der Waals surface area contributed by atoms with Crippen molar-refractivity contribution in [1.29, 1.82) is 0 Å². The lowest BCUT2D eigenvalue weighted by molar-refractivity contribution is -0.264. The smallest absolute Gasteiger partial charge is 0.376 e. The Kier molecular flexibility index (Phi) is 7.06. The summed E-state index contributed by atoms with van der Waals surface area (Å²) >= 11 is 17.4. The number of benzene rings is 2. The van der Waals surface area contributed by atoms with Gasteiger partial charge in [-0.05, 0) is 42.0 Å². The summed E-state index contributed by atoms with van der Waals surface area (Å²) in [4.78, 5) is 23.6. The van der Waals surface area contributed by atoms with Gasteiger partial charge in [0.15, 0.2) is 11.4 Å². The number of Topliss-reactive ketones (excluding diaryl/α,β-unsaturated/α-hetero) is 1.